The van der Waals surface area contributed by atoms with Crippen molar-refractivity contribution in [3.05, 3.63) is 47.7 Å². The van der Waals surface area contributed by atoms with Gasteiger partial charge in [0.2, 0.25) is 6.79 Å². The number of ether oxygens (including phenoxy) is 2. The van der Waals surface area contributed by atoms with Crippen molar-refractivity contribution in [3.63, 3.8) is 0 Å². The number of nitrogens with one attached hydrogen (secondary N) is 1. The molecule has 2 aliphatic heterocycles. The van der Waals surface area contributed by atoms with Gasteiger partial charge in [0.15, 0.2) is 11.5 Å². The number of hydrogen-bond donors (Lipinski definition) is 1. The summed E-state index contributed by atoms with van der Waals surface area (Å²) in [7, 11) is 0. The standard InChI is InChI=1S/C26H37N5O3/c1-19(2)31(20(3)4)10-9-28-26(32)22-7-8-27-25(16-22)30-13-11-29(12-14-30)17-21-5-6-23-24(15-21)34-18-33-23/h5-8,15-16,19-20H,9-14,17-18H2,1-4H3,(H,28,32). The van der Waals surface area contributed by atoms with Crippen LogP contribution in [0.5, 0.6) is 11.5 Å². The van der Waals surface area contributed by atoms with Crippen LogP contribution in [0.15, 0.2) is 36.5 Å². The van der Waals surface area contributed by atoms with Gasteiger partial charge in [0.05, 0.1) is 0 Å². The number of carbonyl (C=O) groups is 1. The second-order valence-corrected chi connectivity index (χ2v) is 9.53. The Morgan fingerprint density at radius 3 is 2.50 bits per heavy atom. The van der Waals surface area contributed by atoms with Crippen LogP contribution < -0.4 is 19.7 Å². The first-order valence-electron chi connectivity index (χ1n) is 12.3. The Kier molecular flexibility index (Phi) is 7.90. The SMILES string of the molecule is CC(C)N(CCNC(=O)c1ccnc(N2CCN(Cc3ccc4c(c3)OCO4)CC2)c1)C(C)C. The summed E-state index contributed by atoms with van der Waals surface area (Å²) < 4.78 is 10.9. The van der Waals surface area contributed by atoms with Gasteiger partial charge < -0.3 is 19.7 Å². The molecule has 8 nitrogen and oxygen atoms in total. The number of fused-ring (bicyclic) bond motifs is 1. The minimum Gasteiger partial charge on any atom is -0.454 e. The predicted octanol–water partition coefficient (Wildman–Crippen LogP) is 2.98. The minimum atomic E-state index is -0.0439. The maximum Gasteiger partial charge on any atom is 0.251 e. The molecule has 1 fully saturated rings. The van der Waals surface area contributed by atoms with Crippen LogP contribution in [0.1, 0.15) is 43.6 Å². The van der Waals surface area contributed by atoms with E-state index in [1.807, 2.05) is 12.1 Å². The Hall–Kier alpha value is -2.84. The molecule has 0 unspecified atom stereocenters. The molecular formula is C26H37N5O3. The second kappa shape index (κ2) is 11.1. The molecule has 34 heavy (non-hydrogen) atoms. The van der Waals surface area contributed by atoms with Gasteiger partial charge in [-0.25, -0.2) is 4.98 Å². The summed E-state index contributed by atoms with van der Waals surface area (Å²) in [6.07, 6.45) is 1.73. The Morgan fingerprint density at radius 1 is 1.03 bits per heavy atom. The highest BCUT2D eigenvalue weighted by Crippen LogP contribution is 2.33. The third-order valence-corrected chi connectivity index (χ3v) is 6.53. The molecule has 0 saturated carbocycles. The van der Waals surface area contributed by atoms with Crippen LogP contribution in [0.4, 0.5) is 5.82 Å². The fourth-order valence-corrected chi connectivity index (χ4v) is 4.68. The molecule has 1 aromatic heterocycles. The van der Waals surface area contributed by atoms with Crippen molar-refractivity contribution < 1.29 is 14.3 Å². The predicted molar refractivity (Wildman–Crippen MR) is 134 cm³/mol. The number of rotatable bonds is 9. The first-order valence-corrected chi connectivity index (χ1v) is 12.3. The van der Waals surface area contributed by atoms with E-state index in [0.29, 0.717) is 31.0 Å². The summed E-state index contributed by atoms with van der Waals surface area (Å²) in [6.45, 7) is 15.0. The quantitative estimate of drug-likeness (QED) is 0.608. The molecule has 0 aliphatic carbocycles. The Balaban J connectivity index is 1.27. The highest BCUT2D eigenvalue weighted by Gasteiger charge is 2.21. The fraction of sp³-hybridized carbons (Fsp3) is 0.538. The molecule has 4 rings (SSSR count). The monoisotopic (exact) mass is 467 g/mol. The van der Waals surface area contributed by atoms with Crippen LogP contribution in [-0.4, -0.2) is 78.8 Å². The van der Waals surface area contributed by atoms with E-state index >= 15 is 0 Å². The van der Waals surface area contributed by atoms with Gasteiger partial charge in [-0.1, -0.05) is 6.07 Å². The van der Waals surface area contributed by atoms with E-state index in [4.69, 9.17) is 9.47 Å². The minimum absolute atomic E-state index is 0.0439. The number of amides is 1. The Morgan fingerprint density at radius 2 is 1.76 bits per heavy atom. The summed E-state index contributed by atoms with van der Waals surface area (Å²) in [5.41, 5.74) is 1.89. The lowest BCUT2D eigenvalue weighted by Crippen LogP contribution is -2.46. The molecule has 8 heteroatoms. The van der Waals surface area contributed by atoms with Gasteiger partial charge in [0, 0.05) is 69.7 Å². The van der Waals surface area contributed by atoms with Gasteiger partial charge in [0.25, 0.3) is 5.91 Å². The lowest BCUT2D eigenvalue weighted by molar-refractivity contribution is 0.0939. The van der Waals surface area contributed by atoms with Crippen molar-refractivity contribution in [1.82, 2.24) is 20.1 Å². The lowest BCUT2D eigenvalue weighted by Gasteiger charge is -2.35. The topological polar surface area (TPSA) is 70.2 Å². The summed E-state index contributed by atoms with van der Waals surface area (Å²) >= 11 is 0. The van der Waals surface area contributed by atoms with E-state index < -0.39 is 0 Å². The first kappa shape index (κ1) is 24.3. The molecule has 3 heterocycles. The Labute approximate surface area is 202 Å². The third-order valence-electron chi connectivity index (χ3n) is 6.53. The molecule has 184 valence electrons. The molecule has 0 atom stereocenters. The van der Waals surface area contributed by atoms with Gasteiger partial charge in [-0.05, 0) is 57.5 Å². The average molecular weight is 468 g/mol. The smallest absolute Gasteiger partial charge is 0.251 e. The van der Waals surface area contributed by atoms with Crippen molar-refractivity contribution in [2.45, 2.75) is 46.3 Å². The number of benzene rings is 1. The molecule has 2 aromatic rings. The van der Waals surface area contributed by atoms with E-state index in [0.717, 1.165) is 56.6 Å². The van der Waals surface area contributed by atoms with Crippen molar-refractivity contribution >= 4 is 11.7 Å². The van der Waals surface area contributed by atoms with E-state index in [1.54, 1.807) is 12.3 Å². The normalized spacial score (nSPS) is 16.0. The van der Waals surface area contributed by atoms with Crippen LogP contribution in [-0.2, 0) is 6.54 Å². The van der Waals surface area contributed by atoms with Crippen LogP contribution in [0.25, 0.3) is 0 Å². The van der Waals surface area contributed by atoms with E-state index in [1.165, 1.54) is 5.56 Å². The van der Waals surface area contributed by atoms with Crippen LogP contribution in [0, 0.1) is 0 Å². The van der Waals surface area contributed by atoms with E-state index in [2.05, 4.69) is 64.8 Å². The number of aromatic nitrogens is 1. The zero-order valence-electron chi connectivity index (χ0n) is 20.8. The summed E-state index contributed by atoms with van der Waals surface area (Å²) in [5, 5.41) is 3.07. The molecule has 0 spiro atoms. The zero-order valence-corrected chi connectivity index (χ0v) is 20.8. The molecule has 1 N–H and O–H groups in total. The van der Waals surface area contributed by atoms with Crippen molar-refractivity contribution in [1.29, 1.82) is 0 Å². The molecule has 2 aliphatic rings. The van der Waals surface area contributed by atoms with Crippen molar-refractivity contribution in [3.8, 4) is 11.5 Å². The zero-order chi connectivity index (χ0) is 24.1. The molecule has 1 amide bonds. The van der Waals surface area contributed by atoms with E-state index in [9.17, 15) is 4.79 Å². The number of pyridine rings is 1. The maximum absolute atomic E-state index is 12.7. The lowest BCUT2D eigenvalue weighted by atomic mass is 10.1. The van der Waals surface area contributed by atoms with Crippen LogP contribution in [0.2, 0.25) is 0 Å². The number of nitrogens with zero attached hydrogens (tertiary/aromatic N) is 4. The first-order chi connectivity index (χ1) is 16.4. The Bertz CT molecular complexity index is 965. The van der Waals surface area contributed by atoms with Gasteiger partial charge in [-0.2, -0.15) is 0 Å². The van der Waals surface area contributed by atoms with Gasteiger partial charge in [-0.15, -0.1) is 0 Å². The van der Waals surface area contributed by atoms with Gasteiger partial charge >= 0.3 is 0 Å². The molecule has 1 aromatic carbocycles. The molecular weight excluding hydrogens is 430 g/mol. The maximum atomic E-state index is 12.7. The fourth-order valence-electron chi connectivity index (χ4n) is 4.68. The number of anilines is 1. The van der Waals surface area contributed by atoms with Gasteiger partial charge in [0.1, 0.15) is 5.82 Å². The second-order valence-electron chi connectivity index (χ2n) is 9.53. The third kappa shape index (κ3) is 5.98. The number of piperazine rings is 1. The average Bonchev–Trinajstić information content (AvgIpc) is 3.30. The molecule has 0 radical (unpaired) electrons. The number of hydrogen-bond acceptors (Lipinski definition) is 7. The summed E-state index contributed by atoms with van der Waals surface area (Å²) in [5.74, 6) is 2.47. The summed E-state index contributed by atoms with van der Waals surface area (Å²) in [6, 6.07) is 10.8. The van der Waals surface area contributed by atoms with E-state index in [-0.39, 0.29) is 5.91 Å². The highest BCUT2D eigenvalue weighted by atomic mass is 16.7. The van der Waals surface area contributed by atoms with Crippen LogP contribution >= 0.6 is 0 Å². The largest absolute Gasteiger partial charge is 0.454 e. The molecule has 1 saturated heterocycles. The summed E-state index contributed by atoms with van der Waals surface area (Å²) in [4.78, 5) is 24.3. The van der Waals surface area contributed by atoms with Crippen molar-refractivity contribution in [2.75, 3.05) is 51.0 Å². The van der Waals surface area contributed by atoms with Gasteiger partial charge in [-0.3, -0.25) is 14.6 Å². The number of carbonyl (C=O) groups excluding carboxylic acids is 1. The highest BCUT2D eigenvalue weighted by molar-refractivity contribution is 5.94. The van der Waals surface area contributed by atoms with Crippen LogP contribution in [0.3, 0.4) is 0 Å². The molecule has 0 bridgehead atoms. The van der Waals surface area contributed by atoms with Crippen molar-refractivity contribution in [2.24, 2.45) is 0 Å².